The second-order valence-corrected chi connectivity index (χ2v) is 6.87. The first-order chi connectivity index (χ1) is 11.8. The zero-order valence-corrected chi connectivity index (χ0v) is 15.1. The maximum atomic E-state index is 12.8. The number of carboxylic acids is 1. The molecule has 0 saturated carbocycles. The lowest BCUT2D eigenvalue weighted by atomic mass is 9.86. The van der Waals surface area contributed by atoms with Crippen LogP contribution in [0.4, 0.5) is 0 Å². The second-order valence-electron chi connectivity index (χ2n) is 6.49. The molecule has 2 atom stereocenters. The van der Waals surface area contributed by atoms with Crippen molar-refractivity contribution in [1.29, 1.82) is 0 Å². The van der Waals surface area contributed by atoms with Crippen molar-refractivity contribution in [2.75, 3.05) is 13.1 Å². The number of aromatic nitrogens is 2. The van der Waals surface area contributed by atoms with Gasteiger partial charge >= 0.3 is 5.97 Å². The Bertz CT molecular complexity index is 846. The molecule has 2 heterocycles. The molecule has 1 aromatic heterocycles. The van der Waals surface area contributed by atoms with Crippen LogP contribution < -0.4 is 0 Å². The van der Waals surface area contributed by atoms with E-state index in [9.17, 15) is 14.7 Å². The number of benzene rings is 1. The quantitative estimate of drug-likeness (QED) is 0.911. The monoisotopic (exact) mass is 361 g/mol. The third-order valence-electron chi connectivity index (χ3n) is 4.98. The molecule has 7 heteroatoms. The topological polar surface area (TPSA) is 75.4 Å². The first-order valence-corrected chi connectivity index (χ1v) is 8.45. The van der Waals surface area contributed by atoms with Crippen molar-refractivity contribution in [2.45, 2.75) is 19.8 Å². The third-order valence-corrected chi connectivity index (χ3v) is 5.43. The first-order valence-electron chi connectivity index (χ1n) is 8.08. The summed E-state index contributed by atoms with van der Waals surface area (Å²) in [6.07, 6.45) is 0. The van der Waals surface area contributed by atoms with Crippen molar-refractivity contribution in [2.24, 2.45) is 13.0 Å². The van der Waals surface area contributed by atoms with Crippen LogP contribution in [0.15, 0.2) is 24.3 Å². The Kier molecular flexibility index (Phi) is 4.56. The highest BCUT2D eigenvalue weighted by Crippen LogP contribution is 2.35. The van der Waals surface area contributed by atoms with Crippen molar-refractivity contribution in [1.82, 2.24) is 14.7 Å². The fourth-order valence-corrected chi connectivity index (χ4v) is 3.65. The smallest absolute Gasteiger partial charge is 0.308 e. The third kappa shape index (κ3) is 3.02. The number of amides is 1. The number of carbonyl (C=O) groups is 2. The van der Waals surface area contributed by atoms with E-state index in [-0.39, 0.29) is 24.1 Å². The first kappa shape index (κ1) is 17.5. The van der Waals surface area contributed by atoms with Crippen LogP contribution in [0, 0.1) is 19.8 Å². The molecule has 1 fully saturated rings. The van der Waals surface area contributed by atoms with Crippen LogP contribution in [0.3, 0.4) is 0 Å². The van der Waals surface area contributed by atoms with Gasteiger partial charge in [0.05, 0.1) is 16.6 Å². The molecule has 0 aliphatic carbocycles. The van der Waals surface area contributed by atoms with Crippen molar-refractivity contribution in [3.8, 4) is 0 Å². The molecule has 2 aromatic rings. The lowest BCUT2D eigenvalue weighted by molar-refractivity contribution is -0.141. The predicted molar refractivity (Wildman–Crippen MR) is 93.9 cm³/mol. The van der Waals surface area contributed by atoms with Gasteiger partial charge in [0.25, 0.3) is 5.91 Å². The summed E-state index contributed by atoms with van der Waals surface area (Å²) in [5.41, 5.74) is 2.87. The van der Waals surface area contributed by atoms with Gasteiger partial charge in [0.2, 0.25) is 0 Å². The second kappa shape index (κ2) is 6.52. The Labute approximate surface area is 151 Å². The molecular formula is C18H20ClN3O3. The molecule has 0 bridgehead atoms. The van der Waals surface area contributed by atoms with Gasteiger partial charge in [-0.15, -0.1) is 0 Å². The molecule has 1 saturated heterocycles. The highest BCUT2D eigenvalue weighted by atomic mass is 35.5. The number of hydrogen-bond acceptors (Lipinski definition) is 3. The summed E-state index contributed by atoms with van der Waals surface area (Å²) in [4.78, 5) is 26.1. The van der Waals surface area contributed by atoms with Crippen LogP contribution in [0.2, 0.25) is 5.02 Å². The molecule has 3 rings (SSSR count). The van der Waals surface area contributed by atoms with Crippen molar-refractivity contribution < 1.29 is 14.7 Å². The number of carbonyl (C=O) groups excluding carboxylic acids is 1. The molecule has 0 unspecified atom stereocenters. The number of aryl methyl sites for hydroxylation is 2. The van der Waals surface area contributed by atoms with E-state index in [2.05, 4.69) is 5.10 Å². The lowest BCUT2D eigenvalue weighted by Crippen LogP contribution is -2.30. The Morgan fingerprint density at radius 3 is 2.48 bits per heavy atom. The van der Waals surface area contributed by atoms with Crippen LogP contribution in [0.1, 0.15) is 33.2 Å². The summed E-state index contributed by atoms with van der Waals surface area (Å²) >= 11 is 6.22. The maximum Gasteiger partial charge on any atom is 0.308 e. The normalized spacial score (nSPS) is 20.1. The Morgan fingerprint density at radius 1 is 1.24 bits per heavy atom. The van der Waals surface area contributed by atoms with Gasteiger partial charge in [-0.2, -0.15) is 5.10 Å². The molecule has 25 heavy (non-hydrogen) atoms. The number of halogens is 1. The molecule has 0 spiro atoms. The van der Waals surface area contributed by atoms with Crippen molar-refractivity contribution in [3.63, 3.8) is 0 Å². The average Bonchev–Trinajstić information content (AvgIpc) is 3.12. The van der Waals surface area contributed by atoms with E-state index >= 15 is 0 Å². The molecule has 1 amide bonds. The standard InChI is InChI=1S/C18H20ClN3O3/c1-10-6-4-5-7-12(10)13-8-22(9-14(13)18(24)25)17(23)16-15(19)11(2)21(3)20-16/h4-7,13-14H,8-9H2,1-3H3,(H,24,25)/t13-,14+/m0/s1. The summed E-state index contributed by atoms with van der Waals surface area (Å²) < 4.78 is 1.55. The van der Waals surface area contributed by atoms with Crippen LogP contribution in [-0.4, -0.2) is 44.8 Å². The van der Waals surface area contributed by atoms with E-state index < -0.39 is 11.9 Å². The average molecular weight is 362 g/mol. The number of likely N-dealkylation sites (tertiary alicyclic amines) is 1. The van der Waals surface area contributed by atoms with E-state index in [1.54, 1.807) is 23.6 Å². The van der Waals surface area contributed by atoms with E-state index in [1.165, 1.54) is 0 Å². The Morgan fingerprint density at radius 2 is 1.92 bits per heavy atom. The van der Waals surface area contributed by atoms with Crippen LogP contribution in [0.25, 0.3) is 0 Å². The summed E-state index contributed by atoms with van der Waals surface area (Å²) in [6.45, 7) is 4.23. The van der Waals surface area contributed by atoms with Gasteiger partial charge in [-0.25, -0.2) is 0 Å². The molecule has 6 nitrogen and oxygen atoms in total. The number of carboxylic acid groups (broad SMARTS) is 1. The molecule has 1 aliphatic heterocycles. The number of nitrogens with zero attached hydrogens (tertiary/aromatic N) is 3. The Hall–Kier alpha value is -2.34. The molecule has 1 aliphatic rings. The highest BCUT2D eigenvalue weighted by Gasteiger charge is 2.42. The largest absolute Gasteiger partial charge is 0.481 e. The van der Waals surface area contributed by atoms with Gasteiger partial charge in [0.1, 0.15) is 0 Å². The van der Waals surface area contributed by atoms with Gasteiger partial charge in [0.15, 0.2) is 5.69 Å². The molecule has 0 radical (unpaired) electrons. The summed E-state index contributed by atoms with van der Waals surface area (Å²) in [5.74, 6) is -2.11. The van der Waals surface area contributed by atoms with Crippen LogP contribution in [-0.2, 0) is 11.8 Å². The minimum Gasteiger partial charge on any atom is -0.481 e. The van der Waals surface area contributed by atoms with Gasteiger partial charge < -0.3 is 10.0 Å². The van der Waals surface area contributed by atoms with Crippen LogP contribution in [0.5, 0.6) is 0 Å². The zero-order chi connectivity index (χ0) is 18.3. The number of hydrogen-bond donors (Lipinski definition) is 1. The number of rotatable bonds is 3. The summed E-state index contributed by atoms with van der Waals surface area (Å²) in [6, 6.07) is 7.70. The van der Waals surface area contributed by atoms with E-state index in [0.717, 1.165) is 11.1 Å². The maximum absolute atomic E-state index is 12.8. The minimum atomic E-state index is -0.896. The molecular weight excluding hydrogens is 342 g/mol. The van der Waals surface area contributed by atoms with Gasteiger partial charge in [0, 0.05) is 26.1 Å². The molecule has 132 valence electrons. The van der Waals surface area contributed by atoms with Crippen LogP contribution >= 0.6 is 11.6 Å². The van der Waals surface area contributed by atoms with Gasteiger partial charge in [-0.05, 0) is 25.0 Å². The van der Waals surface area contributed by atoms with Crippen molar-refractivity contribution in [3.05, 3.63) is 51.8 Å². The SMILES string of the molecule is Cc1ccccc1[C@@H]1CN(C(=O)c2nn(C)c(C)c2Cl)C[C@H]1C(=O)O. The predicted octanol–water partition coefficient (Wildman–Crippen LogP) is 2.63. The van der Waals surface area contributed by atoms with E-state index in [0.29, 0.717) is 17.3 Å². The van der Waals surface area contributed by atoms with E-state index in [4.69, 9.17) is 11.6 Å². The highest BCUT2D eigenvalue weighted by molar-refractivity contribution is 6.34. The minimum absolute atomic E-state index is 0.152. The lowest BCUT2D eigenvalue weighted by Gasteiger charge is -2.17. The summed E-state index contributed by atoms with van der Waals surface area (Å²) in [5, 5.41) is 14.1. The molecule has 1 aromatic carbocycles. The summed E-state index contributed by atoms with van der Waals surface area (Å²) in [7, 11) is 1.72. The number of aliphatic carboxylic acids is 1. The molecule has 1 N–H and O–H groups in total. The zero-order valence-electron chi connectivity index (χ0n) is 14.4. The fraction of sp³-hybridized carbons (Fsp3) is 0.389. The Balaban J connectivity index is 1.92. The fourth-order valence-electron chi connectivity index (χ4n) is 3.41. The van der Waals surface area contributed by atoms with Gasteiger partial charge in [-0.3, -0.25) is 14.3 Å². The van der Waals surface area contributed by atoms with Crippen molar-refractivity contribution >= 4 is 23.5 Å². The van der Waals surface area contributed by atoms with E-state index in [1.807, 2.05) is 31.2 Å². The van der Waals surface area contributed by atoms with Gasteiger partial charge in [-0.1, -0.05) is 35.9 Å².